The lowest BCUT2D eigenvalue weighted by molar-refractivity contribution is 0.294. The van der Waals surface area contributed by atoms with Crippen molar-refractivity contribution < 1.29 is 4.74 Å². The van der Waals surface area contributed by atoms with Gasteiger partial charge in [-0.15, -0.1) is 0 Å². The van der Waals surface area contributed by atoms with Gasteiger partial charge < -0.3 is 20.3 Å². The maximum atomic E-state index is 5.90. The van der Waals surface area contributed by atoms with Crippen molar-refractivity contribution in [1.82, 2.24) is 9.80 Å². The van der Waals surface area contributed by atoms with E-state index in [2.05, 4.69) is 37.0 Å². The maximum Gasteiger partial charge on any atom is 0.141 e. The second kappa shape index (κ2) is 7.24. The van der Waals surface area contributed by atoms with Crippen LogP contribution in [0.3, 0.4) is 0 Å². The highest BCUT2D eigenvalue weighted by Gasteiger charge is 2.04. The molecule has 0 spiro atoms. The molecule has 0 saturated heterocycles. The SMILES string of the molecule is COc1ccc(CN(C)CCCN(C)C)cc1N. The highest BCUT2D eigenvalue weighted by Crippen LogP contribution is 2.22. The Hall–Kier alpha value is -1.26. The molecule has 0 amide bonds. The summed E-state index contributed by atoms with van der Waals surface area (Å²) < 4.78 is 5.15. The Labute approximate surface area is 110 Å². The van der Waals surface area contributed by atoms with Crippen molar-refractivity contribution in [2.24, 2.45) is 0 Å². The molecule has 4 nitrogen and oxygen atoms in total. The van der Waals surface area contributed by atoms with E-state index >= 15 is 0 Å². The standard InChI is InChI=1S/C14H25N3O/c1-16(2)8-5-9-17(3)11-12-6-7-14(18-4)13(15)10-12/h6-7,10H,5,8-9,11,15H2,1-4H3. The molecule has 1 aromatic carbocycles. The number of methoxy groups -OCH3 is 1. The zero-order valence-electron chi connectivity index (χ0n) is 11.9. The zero-order chi connectivity index (χ0) is 13.5. The molecule has 0 aliphatic rings. The number of ether oxygens (including phenoxy) is 1. The van der Waals surface area contributed by atoms with Crippen LogP contribution in [0.25, 0.3) is 0 Å². The minimum absolute atomic E-state index is 0.705. The van der Waals surface area contributed by atoms with Gasteiger partial charge in [-0.2, -0.15) is 0 Å². The van der Waals surface area contributed by atoms with Crippen molar-refractivity contribution in [3.8, 4) is 5.75 Å². The molecule has 0 aromatic heterocycles. The molecular formula is C14H25N3O. The average Bonchev–Trinajstić information content (AvgIpc) is 2.28. The Morgan fingerprint density at radius 3 is 2.44 bits per heavy atom. The normalized spacial score (nSPS) is 11.2. The van der Waals surface area contributed by atoms with Crippen molar-refractivity contribution in [2.75, 3.05) is 47.1 Å². The van der Waals surface area contributed by atoms with Crippen LogP contribution in [-0.2, 0) is 6.54 Å². The molecule has 1 aromatic rings. The van der Waals surface area contributed by atoms with Gasteiger partial charge in [0.2, 0.25) is 0 Å². The van der Waals surface area contributed by atoms with Gasteiger partial charge in [0.15, 0.2) is 0 Å². The Bertz CT molecular complexity index is 366. The third kappa shape index (κ3) is 4.94. The van der Waals surface area contributed by atoms with Crippen molar-refractivity contribution in [1.29, 1.82) is 0 Å². The highest BCUT2D eigenvalue weighted by atomic mass is 16.5. The van der Waals surface area contributed by atoms with Crippen LogP contribution in [0.5, 0.6) is 5.75 Å². The first kappa shape index (κ1) is 14.8. The summed E-state index contributed by atoms with van der Waals surface area (Å²) >= 11 is 0. The zero-order valence-corrected chi connectivity index (χ0v) is 11.9. The van der Waals surface area contributed by atoms with E-state index in [1.807, 2.05) is 12.1 Å². The van der Waals surface area contributed by atoms with Crippen LogP contribution in [-0.4, -0.2) is 51.1 Å². The fourth-order valence-corrected chi connectivity index (χ4v) is 1.93. The predicted molar refractivity (Wildman–Crippen MR) is 76.9 cm³/mol. The average molecular weight is 251 g/mol. The van der Waals surface area contributed by atoms with Crippen LogP contribution in [0.4, 0.5) is 5.69 Å². The van der Waals surface area contributed by atoms with Crippen LogP contribution in [0.2, 0.25) is 0 Å². The molecule has 0 saturated carbocycles. The molecule has 0 bridgehead atoms. The van der Waals surface area contributed by atoms with Crippen LogP contribution in [0, 0.1) is 0 Å². The lowest BCUT2D eigenvalue weighted by atomic mass is 10.1. The maximum absolute atomic E-state index is 5.90. The number of hydrogen-bond donors (Lipinski definition) is 1. The van der Waals surface area contributed by atoms with E-state index < -0.39 is 0 Å². The van der Waals surface area contributed by atoms with Gasteiger partial charge in [-0.05, 0) is 58.3 Å². The molecule has 2 N–H and O–H groups in total. The van der Waals surface area contributed by atoms with Crippen molar-refractivity contribution in [3.63, 3.8) is 0 Å². The van der Waals surface area contributed by atoms with Gasteiger partial charge in [0.25, 0.3) is 0 Å². The topological polar surface area (TPSA) is 41.7 Å². The quantitative estimate of drug-likeness (QED) is 0.748. The third-order valence-corrected chi connectivity index (χ3v) is 2.89. The van der Waals surface area contributed by atoms with Crippen LogP contribution in [0.15, 0.2) is 18.2 Å². The fraction of sp³-hybridized carbons (Fsp3) is 0.571. The summed E-state index contributed by atoms with van der Waals surface area (Å²) in [6, 6.07) is 5.98. The van der Waals surface area contributed by atoms with E-state index in [1.54, 1.807) is 7.11 Å². The Kier molecular flexibility index (Phi) is 5.95. The summed E-state index contributed by atoms with van der Waals surface area (Å²) in [6.45, 7) is 3.13. The summed E-state index contributed by atoms with van der Waals surface area (Å²) in [5, 5.41) is 0. The number of benzene rings is 1. The van der Waals surface area contributed by atoms with Crippen molar-refractivity contribution in [2.45, 2.75) is 13.0 Å². The van der Waals surface area contributed by atoms with E-state index in [0.29, 0.717) is 5.69 Å². The lowest BCUT2D eigenvalue weighted by Crippen LogP contribution is -2.23. The van der Waals surface area contributed by atoms with Crippen LogP contribution < -0.4 is 10.5 Å². The summed E-state index contributed by atoms with van der Waals surface area (Å²) in [4.78, 5) is 4.52. The number of nitrogen functional groups attached to an aromatic ring is 1. The van der Waals surface area contributed by atoms with Gasteiger partial charge in [0.05, 0.1) is 12.8 Å². The van der Waals surface area contributed by atoms with E-state index in [-0.39, 0.29) is 0 Å². The number of nitrogens with zero attached hydrogens (tertiary/aromatic N) is 2. The monoisotopic (exact) mass is 251 g/mol. The first-order chi connectivity index (χ1) is 8.52. The molecule has 0 heterocycles. The smallest absolute Gasteiger partial charge is 0.141 e. The lowest BCUT2D eigenvalue weighted by Gasteiger charge is -2.18. The fourth-order valence-electron chi connectivity index (χ4n) is 1.93. The molecule has 0 aliphatic heterocycles. The Morgan fingerprint density at radius 1 is 1.17 bits per heavy atom. The molecule has 1 rings (SSSR count). The second-order valence-electron chi connectivity index (χ2n) is 4.97. The molecule has 102 valence electrons. The molecular weight excluding hydrogens is 226 g/mol. The van der Waals surface area contributed by atoms with Gasteiger partial charge in [-0.25, -0.2) is 0 Å². The van der Waals surface area contributed by atoms with Gasteiger partial charge >= 0.3 is 0 Å². The second-order valence-corrected chi connectivity index (χ2v) is 4.97. The molecule has 0 aliphatic carbocycles. The number of anilines is 1. The number of hydrogen-bond acceptors (Lipinski definition) is 4. The third-order valence-electron chi connectivity index (χ3n) is 2.89. The molecule has 0 unspecified atom stereocenters. The summed E-state index contributed by atoms with van der Waals surface area (Å²) in [7, 11) is 7.98. The van der Waals surface area contributed by atoms with E-state index in [9.17, 15) is 0 Å². The van der Waals surface area contributed by atoms with Crippen molar-refractivity contribution in [3.05, 3.63) is 23.8 Å². The minimum atomic E-state index is 0.705. The largest absolute Gasteiger partial charge is 0.495 e. The Morgan fingerprint density at radius 2 is 1.89 bits per heavy atom. The van der Waals surface area contributed by atoms with E-state index in [4.69, 9.17) is 10.5 Å². The van der Waals surface area contributed by atoms with Crippen LogP contribution in [0.1, 0.15) is 12.0 Å². The highest BCUT2D eigenvalue weighted by molar-refractivity contribution is 5.54. The molecule has 4 heteroatoms. The van der Waals surface area contributed by atoms with E-state index in [0.717, 1.165) is 25.4 Å². The molecule has 0 fully saturated rings. The van der Waals surface area contributed by atoms with Gasteiger partial charge in [-0.3, -0.25) is 0 Å². The number of rotatable bonds is 7. The van der Waals surface area contributed by atoms with E-state index in [1.165, 1.54) is 12.0 Å². The predicted octanol–water partition coefficient (Wildman–Crippen LogP) is 1.66. The van der Waals surface area contributed by atoms with Crippen molar-refractivity contribution >= 4 is 5.69 Å². The first-order valence-electron chi connectivity index (χ1n) is 6.28. The van der Waals surface area contributed by atoms with Gasteiger partial charge in [0, 0.05) is 6.54 Å². The summed E-state index contributed by atoms with van der Waals surface area (Å²) in [5.41, 5.74) is 7.83. The summed E-state index contributed by atoms with van der Waals surface area (Å²) in [6.07, 6.45) is 1.18. The molecule has 18 heavy (non-hydrogen) atoms. The molecule has 0 atom stereocenters. The van der Waals surface area contributed by atoms with Gasteiger partial charge in [0.1, 0.15) is 5.75 Å². The Balaban J connectivity index is 2.44. The first-order valence-corrected chi connectivity index (χ1v) is 6.28. The minimum Gasteiger partial charge on any atom is -0.495 e. The molecule has 0 radical (unpaired) electrons. The number of nitrogens with two attached hydrogens (primary N) is 1. The van der Waals surface area contributed by atoms with Crippen LogP contribution >= 0.6 is 0 Å². The van der Waals surface area contributed by atoms with Gasteiger partial charge in [-0.1, -0.05) is 6.07 Å². The summed E-state index contributed by atoms with van der Waals surface area (Å²) in [5.74, 6) is 0.744.